The summed E-state index contributed by atoms with van der Waals surface area (Å²) in [5.41, 5.74) is 0.997. The number of carboxylic acids is 4. The Balaban J connectivity index is 2.97. The lowest BCUT2D eigenvalue weighted by Gasteiger charge is -2.29. The quantitative estimate of drug-likeness (QED) is 0.211. The molecule has 0 aliphatic rings. The first-order valence-electron chi connectivity index (χ1n) is 9.31. The number of rotatable bonds is 15. The van der Waals surface area contributed by atoms with Crippen LogP contribution in [0.2, 0.25) is 0 Å². The second-order valence-corrected chi connectivity index (χ2v) is 7.07. The van der Waals surface area contributed by atoms with Crippen molar-refractivity contribution in [3.8, 4) is 0 Å². The predicted octanol–water partition coefficient (Wildman–Crippen LogP) is -0.283. The number of anilines is 1. The van der Waals surface area contributed by atoms with Gasteiger partial charge in [0.1, 0.15) is 11.9 Å². The van der Waals surface area contributed by atoms with Crippen LogP contribution in [-0.2, 0) is 30.4 Å². The van der Waals surface area contributed by atoms with Gasteiger partial charge in [0.15, 0.2) is 0 Å². The van der Waals surface area contributed by atoms with Crippen molar-refractivity contribution in [3.05, 3.63) is 29.8 Å². The van der Waals surface area contributed by atoms with Crippen LogP contribution in [0, 0.1) is 0 Å². The SMILES string of the molecule is O=C(O)CN(CCN(CC(=O)O)C(Cc1ccc(NC(=O)CCl)cc1)C(=O)O)CC(=O)O. The summed E-state index contributed by atoms with van der Waals surface area (Å²) >= 11 is 5.42. The highest BCUT2D eigenvalue weighted by molar-refractivity contribution is 6.29. The van der Waals surface area contributed by atoms with E-state index < -0.39 is 55.5 Å². The molecular formula is C19H24ClN3O9. The van der Waals surface area contributed by atoms with Crippen molar-refractivity contribution in [2.24, 2.45) is 0 Å². The Morgan fingerprint density at radius 2 is 1.38 bits per heavy atom. The number of benzene rings is 1. The van der Waals surface area contributed by atoms with E-state index in [1.54, 1.807) is 24.3 Å². The van der Waals surface area contributed by atoms with E-state index >= 15 is 0 Å². The Hall–Kier alpha value is -3.22. The highest BCUT2D eigenvalue weighted by Gasteiger charge is 2.28. The van der Waals surface area contributed by atoms with Crippen molar-refractivity contribution >= 4 is 47.1 Å². The number of carbonyl (C=O) groups is 5. The van der Waals surface area contributed by atoms with Crippen molar-refractivity contribution < 1.29 is 44.4 Å². The molecule has 0 bridgehead atoms. The van der Waals surface area contributed by atoms with Gasteiger partial charge < -0.3 is 25.7 Å². The molecule has 0 fully saturated rings. The van der Waals surface area contributed by atoms with Crippen LogP contribution in [0.4, 0.5) is 5.69 Å². The zero-order chi connectivity index (χ0) is 24.3. The van der Waals surface area contributed by atoms with E-state index in [1.165, 1.54) is 0 Å². The topological polar surface area (TPSA) is 185 Å². The zero-order valence-electron chi connectivity index (χ0n) is 16.9. The zero-order valence-corrected chi connectivity index (χ0v) is 17.7. The van der Waals surface area contributed by atoms with Crippen LogP contribution in [0.1, 0.15) is 5.56 Å². The molecule has 1 aromatic carbocycles. The van der Waals surface area contributed by atoms with Gasteiger partial charge in [-0.15, -0.1) is 11.6 Å². The average Bonchev–Trinajstić information content (AvgIpc) is 2.69. The molecule has 0 aromatic heterocycles. The molecule has 1 unspecified atom stereocenters. The van der Waals surface area contributed by atoms with Crippen LogP contribution < -0.4 is 5.32 Å². The van der Waals surface area contributed by atoms with Crippen molar-refractivity contribution in [3.63, 3.8) is 0 Å². The van der Waals surface area contributed by atoms with Gasteiger partial charge in [-0.05, 0) is 24.1 Å². The number of hydrogen-bond acceptors (Lipinski definition) is 7. The van der Waals surface area contributed by atoms with Gasteiger partial charge >= 0.3 is 23.9 Å². The van der Waals surface area contributed by atoms with Gasteiger partial charge in [-0.1, -0.05) is 12.1 Å². The lowest BCUT2D eigenvalue weighted by atomic mass is 10.0. The van der Waals surface area contributed by atoms with E-state index in [2.05, 4.69) is 5.32 Å². The Morgan fingerprint density at radius 3 is 1.81 bits per heavy atom. The molecule has 12 nitrogen and oxygen atoms in total. The highest BCUT2D eigenvalue weighted by atomic mass is 35.5. The summed E-state index contributed by atoms with van der Waals surface area (Å²) in [4.78, 5) is 58.5. The summed E-state index contributed by atoms with van der Waals surface area (Å²) < 4.78 is 0. The van der Waals surface area contributed by atoms with Gasteiger partial charge in [-0.25, -0.2) is 0 Å². The summed E-state index contributed by atoms with van der Waals surface area (Å²) in [6.07, 6.45) is -0.0792. The molecule has 0 saturated heterocycles. The summed E-state index contributed by atoms with van der Waals surface area (Å²) in [5, 5.41) is 39.2. The minimum atomic E-state index is -1.30. The van der Waals surface area contributed by atoms with Crippen LogP contribution in [0.3, 0.4) is 0 Å². The number of carbonyl (C=O) groups excluding carboxylic acids is 1. The van der Waals surface area contributed by atoms with Crippen LogP contribution in [-0.4, -0.2) is 105 Å². The molecule has 1 amide bonds. The number of hydrogen-bond donors (Lipinski definition) is 5. The smallest absolute Gasteiger partial charge is 0.321 e. The van der Waals surface area contributed by atoms with E-state index in [-0.39, 0.29) is 25.4 Å². The molecule has 0 spiro atoms. The number of aliphatic carboxylic acids is 4. The lowest BCUT2D eigenvalue weighted by Crippen LogP contribution is -2.49. The molecule has 1 atom stereocenters. The van der Waals surface area contributed by atoms with Crippen LogP contribution >= 0.6 is 11.6 Å². The van der Waals surface area contributed by atoms with E-state index in [1.807, 2.05) is 0 Å². The van der Waals surface area contributed by atoms with Crippen molar-refractivity contribution in [2.45, 2.75) is 12.5 Å². The molecule has 176 valence electrons. The second-order valence-electron chi connectivity index (χ2n) is 6.80. The molecule has 0 heterocycles. The first-order chi connectivity index (χ1) is 15.0. The fraction of sp³-hybridized carbons (Fsp3) is 0.421. The normalized spacial score (nSPS) is 11.8. The second kappa shape index (κ2) is 13.2. The van der Waals surface area contributed by atoms with E-state index in [0.717, 1.165) is 9.80 Å². The van der Waals surface area contributed by atoms with Crippen molar-refractivity contribution in [2.75, 3.05) is 43.9 Å². The van der Waals surface area contributed by atoms with E-state index in [9.17, 15) is 34.2 Å². The van der Waals surface area contributed by atoms with Gasteiger partial charge in [0.05, 0.1) is 19.6 Å². The largest absolute Gasteiger partial charge is 0.480 e. The predicted molar refractivity (Wildman–Crippen MR) is 112 cm³/mol. The van der Waals surface area contributed by atoms with Crippen molar-refractivity contribution in [1.29, 1.82) is 0 Å². The van der Waals surface area contributed by atoms with Gasteiger partial charge in [0.2, 0.25) is 5.91 Å². The minimum Gasteiger partial charge on any atom is -0.480 e. The minimum absolute atomic E-state index is 0.0792. The Bertz CT molecular complexity index is 816. The number of carboxylic acid groups (broad SMARTS) is 4. The Morgan fingerprint density at radius 1 is 0.844 bits per heavy atom. The molecular weight excluding hydrogens is 450 g/mol. The third-order valence-electron chi connectivity index (χ3n) is 4.27. The lowest BCUT2D eigenvalue weighted by molar-refractivity contribution is -0.148. The van der Waals surface area contributed by atoms with Gasteiger partial charge in [-0.2, -0.15) is 0 Å². The summed E-state index contributed by atoms with van der Waals surface area (Å²) in [6.45, 7) is -2.19. The summed E-state index contributed by atoms with van der Waals surface area (Å²) in [7, 11) is 0. The molecule has 0 radical (unpaired) electrons. The molecule has 0 aliphatic heterocycles. The molecule has 13 heteroatoms. The first kappa shape index (κ1) is 26.8. The third-order valence-corrected chi connectivity index (χ3v) is 4.52. The number of nitrogens with one attached hydrogen (secondary N) is 1. The summed E-state index contributed by atoms with van der Waals surface area (Å²) in [5.74, 6) is -5.78. The van der Waals surface area contributed by atoms with Gasteiger partial charge in [-0.3, -0.25) is 33.8 Å². The fourth-order valence-electron chi connectivity index (χ4n) is 2.90. The maximum atomic E-state index is 11.9. The average molecular weight is 474 g/mol. The highest BCUT2D eigenvalue weighted by Crippen LogP contribution is 2.14. The maximum absolute atomic E-state index is 11.9. The summed E-state index contributed by atoms with van der Waals surface area (Å²) in [6, 6.07) is 4.95. The van der Waals surface area contributed by atoms with Gasteiger partial charge in [0, 0.05) is 18.8 Å². The van der Waals surface area contributed by atoms with Crippen molar-refractivity contribution in [1.82, 2.24) is 9.80 Å². The molecule has 0 saturated carbocycles. The standard InChI is InChI=1S/C19H24ClN3O9/c20-8-15(24)21-13-3-1-12(2-4-13)7-14(19(31)32)23(11-18(29)30)6-5-22(9-16(25)26)10-17(27)28/h1-4,14H,5-11H2,(H,21,24)(H,25,26)(H,27,28)(H,29,30)(H,31,32). The maximum Gasteiger partial charge on any atom is 0.321 e. The monoisotopic (exact) mass is 473 g/mol. The molecule has 1 rings (SSSR count). The molecule has 1 aromatic rings. The van der Waals surface area contributed by atoms with E-state index in [4.69, 9.17) is 21.8 Å². The number of amides is 1. The van der Waals surface area contributed by atoms with Crippen LogP contribution in [0.5, 0.6) is 0 Å². The first-order valence-corrected chi connectivity index (χ1v) is 9.84. The number of alkyl halides is 1. The molecule has 5 N–H and O–H groups in total. The van der Waals surface area contributed by atoms with Crippen LogP contribution in [0.15, 0.2) is 24.3 Å². The number of nitrogens with zero attached hydrogens (tertiary/aromatic N) is 2. The number of halogens is 1. The third kappa shape index (κ3) is 10.2. The van der Waals surface area contributed by atoms with Gasteiger partial charge in [0.25, 0.3) is 0 Å². The Labute approximate surface area is 188 Å². The van der Waals surface area contributed by atoms with Crippen LogP contribution in [0.25, 0.3) is 0 Å². The molecule has 32 heavy (non-hydrogen) atoms. The fourth-order valence-corrected chi connectivity index (χ4v) is 2.97. The molecule has 0 aliphatic carbocycles. The Kier molecular flexibility index (Phi) is 11.1. The van der Waals surface area contributed by atoms with E-state index in [0.29, 0.717) is 11.3 Å².